The van der Waals surface area contributed by atoms with E-state index in [0.717, 1.165) is 59.8 Å². The maximum Gasteiger partial charge on any atom is 0.251 e. The highest BCUT2D eigenvalue weighted by Crippen LogP contribution is 2.43. The summed E-state index contributed by atoms with van der Waals surface area (Å²) in [6, 6.07) is 9.19. The van der Waals surface area contributed by atoms with Gasteiger partial charge in [-0.1, -0.05) is 39.2 Å². The zero-order chi connectivity index (χ0) is 25.2. The van der Waals surface area contributed by atoms with Gasteiger partial charge >= 0.3 is 0 Å². The van der Waals surface area contributed by atoms with Gasteiger partial charge in [0.15, 0.2) is 0 Å². The van der Waals surface area contributed by atoms with E-state index in [1.165, 1.54) is 37.6 Å². The van der Waals surface area contributed by atoms with Crippen molar-refractivity contribution < 1.29 is 4.79 Å². The van der Waals surface area contributed by atoms with Crippen molar-refractivity contribution in [1.29, 1.82) is 0 Å². The Hall–Kier alpha value is -3.19. The minimum atomic E-state index is -0.394. The van der Waals surface area contributed by atoms with Crippen LogP contribution in [0.3, 0.4) is 0 Å². The predicted molar refractivity (Wildman–Crippen MR) is 149 cm³/mol. The number of aromatic nitrogens is 2. The monoisotopic (exact) mass is 486 g/mol. The molecule has 3 aromatic rings. The fourth-order valence-corrected chi connectivity index (χ4v) is 5.88. The Labute approximate surface area is 214 Å². The molecule has 1 saturated carbocycles. The number of anilines is 1. The van der Waals surface area contributed by atoms with Gasteiger partial charge in [-0.3, -0.25) is 9.79 Å². The lowest BCUT2D eigenvalue weighted by Gasteiger charge is -2.27. The number of primary amides is 1. The second-order valence-corrected chi connectivity index (χ2v) is 10.1. The van der Waals surface area contributed by atoms with Crippen LogP contribution in [0.2, 0.25) is 0 Å². The zero-order valence-electron chi connectivity index (χ0n) is 21.8. The number of nitrogens with two attached hydrogens (primary N) is 1. The van der Waals surface area contributed by atoms with Crippen LogP contribution in [0.25, 0.3) is 22.2 Å². The first-order valence-corrected chi connectivity index (χ1v) is 13.4. The van der Waals surface area contributed by atoms with Crippen LogP contribution in [-0.4, -0.2) is 59.8 Å². The van der Waals surface area contributed by atoms with Crippen molar-refractivity contribution in [1.82, 2.24) is 14.5 Å². The molecule has 2 heterocycles. The van der Waals surface area contributed by atoms with E-state index in [0.29, 0.717) is 18.0 Å². The van der Waals surface area contributed by atoms with Crippen molar-refractivity contribution in [2.75, 3.05) is 38.1 Å². The molecule has 0 bridgehead atoms. The van der Waals surface area contributed by atoms with Crippen LogP contribution in [0.4, 0.5) is 11.4 Å². The zero-order valence-corrected chi connectivity index (χ0v) is 21.8. The first-order valence-electron chi connectivity index (χ1n) is 13.4. The molecular weight excluding hydrogens is 448 g/mol. The van der Waals surface area contributed by atoms with E-state index in [4.69, 9.17) is 15.7 Å². The van der Waals surface area contributed by atoms with Gasteiger partial charge in [0.2, 0.25) is 0 Å². The van der Waals surface area contributed by atoms with Gasteiger partial charge in [-0.05, 0) is 55.3 Å². The molecule has 36 heavy (non-hydrogen) atoms. The number of likely N-dealkylation sites (N-methyl/N-ethyl adjacent to an activating group) is 2. The molecule has 2 aromatic carbocycles. The molecule has 1 aromatic heterocycles. The first kappa shape index (κ1) is 24.5. The Morgan fingerprint density at radius 1 is 1.11 bits per heavy atom. The topological polar surface area (TPSA) is 79.8 Å². The molecule has 190 valence electrons. The lowest BCUT2D eigenvalue weighted by molar-refractivity contribution is 0.1000. The summed E-state index contributed by atoms with van der Waals surface area (Å²) in [6.45, 7) is 8.10. The summed E-state index contributed by atoms with van der Waals surface area (Å²) < 4.78 is 2.36. The van der Waals surface area contributed by atoms with Crippen molar-refractivity contribution in [3.8, 4) is 11.1 Å². The fourth-order valence-electron chi connectivity index (χ4n) is 5.88. The Balaban J connectivity index is 1.55. The SMILES string of the molecule is CCN(CC)CCN(C)c1cc(-c2ccc3c(c2)ncn3C2CCCCC2)c2c(c1C(N)=O)CC=N2. The smallest absolute Gasteiger partial charge is 0.251 e. The standard InChI is InChI=1S/C29H38N6O/c1-4-34(5-2)16-15-33(3)26-18-23(28-22(13-14-31-28)27(26)29(30)36)20-11-12-25-24(17-20)32-19-35(25)21-9-7-6-8-10-21/h11-12,14,17-19,21H,4-10,13,15-16H2,1-3H3,(H2,30,36). The van der Waals surface area contributed by atoms with Crippen LogP contribution < -0.4 is 10.6 Å². The number of imidazole rings is 1. The van der Waals surface area contributed by atoms with E-state index in [9.17, 15) is 4.79 Å². The minimum absolute atomic E-state index is 0.394. The number of amides is 1. The number of aliphatic imine (C=N–C) groups is 1. The average molecular weight is 487 g/mol. The van der Waals surface area contributed by atoms with Gasteiger partial charge < -0.3 is 20.1 Å². The number of nitrogens with zero attached hydrogens (tertiary/aromatic N) is 5. The second kappa shape index (κ2) is 10.4. The quantitative estimate of drug-likeness (QED) is 0.442. The Kier molecular flexibility index (Phi) is 7.10. The highest BCUT2D eigenvalue weighted by Gasteiger charge is 2.26. The molecule has 2 aliphatic rings. The summed E-state index contributed by atoms with van der Waals surface area (Å²) in [5, 5.41) is 0. The molecule has 0 atom stereocenters. The maximum absolute atomic E-state index is 12.6. The summed E-state index contributed by atoms with van der Waals surface area (Å²) in [7, 11) is 2.05. The normalized spacial score (nSPS) is 15.7. The summed E-state index contributed by atoms with van der Waals surface area (Å²) in [5.41, 5.74) is 13.5. The second-order valence-electron chi connectivity index (χ2n) is 10.1. The average Bonchev–Trinajstić information content (AvgIpc) is 3.55. The van der Waals surface area contributed by atoms with Crippen molar-refractivity contribution in [2.45, 2.75) is 58.4 Å². The number of carbonyl (C=O) groups excluding carboxylic acids is 1. The van der Waals surface area contributed by atoms with Gasteiger partial charge in [0.1, 0.15) is 0 Å². The number of carbonyl (C=O) groups is 1. The molecule has 5 rings (SSSR count). The van der Waals surface area contributed by atoms with Gasteiger partial charge in [-0.25, -0.2) is 4.98 Å². The summed E-state index contributed by atoms with van der Waals surface area (Å²) in [6.07, 6.45) is 10.9. The summed E-state index contributed by atoms with van der Waals surface area (Å²) >= 11 is 0. The molecule has 0 radical (unpaired) electrons. The summed E-state index contributed by atoms with van der Waals surface area (Å²) in [4.78, 5) is 26.6. The van der Waals surface area contributed by atoms with Crippen LogP contribution in [0.5, 0.6) is 0 Å². The molecule has 1 amide bonds. The molecular formula is C29H38N6O. The van der Waals surface area contributed by atoms with E-state index >= 15 is 0 Å². The first-order chi connectivity index (χ1) is 17.5. The van der Waals surface area contributed by atoms with Gasteiger partial charge in [0.05, 0.1) is 34.3 Å². The lowest BCUT2D eigenvalue weighted by atomic mass is 9.93. The van der Waals surface area contributed by atoms with Crippen molar-refractivity contribution in [3.63, 3.8) is 0 Å². The van der Waals surface area contributed by atoms with E-state index in [1.807, 2.05) is 19.6 Å². The molecule has 1 aliphatic carbocycles. The Morgan fingerprint density at radius 3 is 2.61 bits per heavy atom. The van der Waals surface area contributed by atoms with Crippen molar-refractivity contribution in [3.05, 3.63) is 41.7 Å². The van der Waals surface area contributed by atoms with Crippen molar-refractivity contribution in [2.24, 2.45) is 10.7 Å². The highest BCUT2D eigenvalue weighted by molar-refractivity contribution is 6.06. The fraction of sp³-hybridized carbons (Fsp3) is 0.483. The third kappa shape index (κ3) is 4.52. The number of benzene rings is 2. The number of fused-ring (bicyclic) bond motifs is 2. The Bertz CT molecular complexity index is 1280. The molecule has 2 N–H and O–H groups in total. The van der Waals surface area contributed by atoms with E-state index in [-0.39, 0.29) is 0 Å². The molecule has 7 nitrogen and oxygen atoms in total. The molecule has 7 heteroatoms. The molecule has 0 spiro atoms. The lowest BCUT2D eigenvalue weighted by Crippen LogP contribution is -2.34. The van der Waals surface area contributed by atoms with Crippen LogP contribution in [0.1, 0.15) is 67.9 Å². The van der Waals surface area contributed by atoms with Crippen LogP contribution in [0.15, 0.2) is 35.6 Å². The van der Waals surface area contributed by atoms with E-state index in [1.54, 1.807) is 0 Å². The molecule has 0 saturated heterocycles. The number of hydrogen-bond acceptors (Lipinski definition) is 5. The molecule has 1 aliphatic heterocycles. The Morgan fingerprint density at radius 2 is 1.89 bits per heavy atom. The third-order valence-corrected chi connectivity index (χ3v) is 8.05. The van der Waals surface area contributed by atoms with Crippen LogP contribution >= 0.6 is 0 Å². The van der Waals surface area contributed by atoms with Crippen molar-refractivity contribution >= 4 is 34.5 Å². The van der Waals surface area contributed by atoms with Gasteiger partial charge in [-0.15, -0.1) is 0 Å². The van der Waals surface area contributed by atoms with Crippen LogP contribution in [-0.2, 0) is 6.42 Å². The third-order valence-electron chi connectivity index (χ3n) is 8.05. The van der Waals surface area contributed by atoms with Gasteiger partial charge in [0, 0.05) is 44.4 Å². The highest BCUT2D eigenvalue weighted by atomic mass is 16.1. The van der Waals surface area contributed by atoms with E-state index < -0.39 is 5.91 Å². The predicted octanol–water partition coefficient (Wildman–Crippen LogP) is 5.34. The molecule has 1 fully saturated rings. The van der Waals surface area contributed by atoms with E-state index in [2.05, 4.69) is 52.5 Å². The number of hydrogen-bond donors (Lipinski definition) is 1. The summed E-state index contributed by atoms with van der Waals surface area (Å²) in [5.74, 6) is -0.394. The van der Waals surface area contributed by atoms with Gasteiger partial charge in [0.25, 0.3) is 5.91 Å². The minimum Gasteiger partial charge on any atom is -0.373 e. The van der Waals surface area contributed by atoms with Gasteiger partial charge in [-0.2, -0.15) is 0 Å². The largest absolute Gasteiger partial charge is 0.373 e. The van der Waals surface area contributed by atoms with Crippen LogP contribution in [0, 0.1) is 0 Å². The molecule has 0 unspecified atom stereocenters. The number of rotatable bonds is 9. The maximum atomic E-state index is 12.6.